The molecule has 0 amide bonds. The van der Waals surface area contributed by atoms with Crippen molar-refractivity contribution in [3.05, 3.63) is 140 Å². The molecule has 0 aliphatic carbocycles. The third-order valence-electron chi connectivity index (χ3n) is 9.98. The molecule has 10 rings (SSSR count). The Kier molecular flexibility index (Phi) is 5.76. The van der Waals surface area contributed by atoms with Crippen molar-refractivity contribution in [2.45, 2.75) is 11.5 Å². The van der Waals surface area contributed by atoms with Gasteiger partial charge in [-0.25, -0.2) is 0 Å². The van der Waals surface area contributed by atoms with Crippen molar-refractivity contribution >= 4 is 75.4 Å². The number of benzene rings is 6. The van der Waals surface area contributed by atoms with E-state index in [9.17, 15) is 0 Å². The molecule has 0 saturated carbocycles. The maximum absolute atomic E-state index is 5.34. The molecule has 0 saturated heterocycles. The Morgan fingerprint density at radius 2 is 1.26 bits per heavy atom. The Balaban J connectivity index is 1.27. The quantitative estimate of drug-likeness (QED) is 0.174. The van der Waals surface area contributed by atoms with Crippen LogP contribution < -0.4 is 8.79 Å². The van der Waals surface area contributed by atoms with Gasteiger partial charge in [-0.1, -0.05) is 0 Å². The van der Waals surface area contributed by atoms with Gasteiger partial charge in [-0.15, -0.1) is 0 Å². The summed E-state index contributed by atoms with van der Waals surface area (Å²) in [6.07, 6.45) is 0. The van der Waals surface area contributed by atoms with Crippen LogP contribution in [0.4, 0.5) is 0 Å². The van der Waals surface area contributed by atoms with Gasteiger partial charge in [-0.2, -0.15) is 0 Å². The molecule has 6 aromatic carbocycles. The van der Waals surface area contributed by atoms with Gasteiger partial charge in [0.15, 0.2) is 0 Å². The summed E-state index contributed by atoms with van der Waals surface area (Å²) in [4.78, 5) is 10.6. The summed E-state index contributed by atoms with van der Waals surface area (Å²) in [6.45, 7) is 0. The first kappa shape index (κ1) is 27.1. The van der Waals surface area contributed by atoms with Crippen LogP contribution in [-0.2, 0) is 0 Å². The van der Waals surface area contributed by atoms with Crippen LogP contribution in [0.25, 0.3) is 81.6 Å². The second-order valence-electron chi connectivity index (χ2n) is 13.0. The molecule has 3 aromatic heterocycles. The van der Waals surface area contributed by atoms with Gasteiger partial charge in [-0.3, -0.25) is 0 Å². The zero-order valence-corrected chi connectivity index (χ0v) is 28.9. The van der Waals surface area contributed by atoms with Crippen LogP contribution >= 0.6 is 11.3 Å². The van der Waals surface area contributed by atoms with Gasteiger partial charge < -0.3 is 0 Å². The molecule has 4 heterocycles. The number of fused-ring (bicyclic) bond motifs is 10. The molecule has 0 atom stereocenters. The molecule has 0 N–H and O–H groups in total. The van der Waals surface area contributed by atoms with E-state index < -0.39 is 13.3 Å². The summed E-state index contributed by atoms with van der Waals surface area (Å²) in [5.74, 6) is 5.82. The molecule has 0 fully saturated rings. The summed E-state index contributed by atoms with van der Waals surface area (Å²) in [5.41, 5.74) is 9.39. The summed E-state index contributed by atoms with van der Waals surface area (Å²) in [6, 6.07) is 50.6. The fourth-order valence-corrected chi connectivity index (χ4v) is 15.7. The van der Waals surface area contributed by atoms with E-state index in [2.05, 4.69) is 150 Å². The topological polar surface area (TPSA) is 30.7 Å². The van der Waals surface area contributed by atoms with Gasteiger partial charge in [0.2, 0.25) is 0 Å². The van der Waals surface area contributed by atoms with E-state index in [1.54, 1.807) is 0 Å². The van der Waals surface area contributed by atoms with Gasteiger partial charge in [0.05, 0.1) is 0 Å². The third-order valence-corrected chi connectivity index (χ3v) is 18.4. The van der Waals surface area contributed by atoms with Crippen molar-refractivity contribution in [3.63, 3.8) is 0 Å². The second-order valence-corrected chi connectivity index (χ2v) is 23.1. The molecule has 1 aliphatic rings. The fourth-order valence-electron chi connectivity index (χ4n) is 7.83. The van der Waals surface area contributed by atoms with Gasteiger partial charge >= 0.3 is 281 Å². The third kappa shape index (κ3) is 3.86. The Morgan fingerprint density at radius 1 is 0.574 bits per heavy atom. The van der Waals surface area contributed by atoms with Gasteiger partial charge in [0.1, 0.15) is 0 Å². The van der Waals surface area contributed by atoms with Crippen LogP contribution in [0, 0.1) is 0 Å². The molecule has 0 unspecified atom stereocenters. The van der Waals surface area contributed by atoms with E-state index in [0.717, 1.165) is 28.3 Å². The average Bonchev–Trinajstić information content (AvgIpc) is 3.74. The molecule has 222 valence electrons. The Hall–Kier alpha value is -5.04. The average molecular weight is 680 g/mol. The Labute approximate surface area is 279 Å². The van der Waals surface area contributed by atoms with Crippen molar-refractivity contribution < 1.29 is 0 Å². The van der Waals surface area contributed by atoms with E-state index >= 15 is 0 Å². The summed E-state index contributed by atoms with van der Waals surface area (Å²) in [7, 11) is 0. The number of para-hydroxylation sites is 1. The Bertz CT molecular complexity index is 2710. The zero-order chi connectivity index (χ0) is 31.3. The summed E-state index contributed by atoms with van der Waals surface area (Å²) >= 11 is -1.02. The van der Waals surface area contributed by atoms with E-state index in [4.69, 9.17) is 9.97 Å². The first-order valence-corrected chi connectivity index (χ1v) is 23.2. The summed E-state index contributed by atoms with van der Waals surface area (Å²) in [5, 5.41) is 5.25. The normalized spacial score (nSPS) is 13.5. The maximum atomic E-state index is 5.34. The minimum atomic E-state index is -2.90. The van der Waals surface area contributed by atoms with Crippen molar-refractivity contribution in [3.8, 4) is 39.6 Å². The van der Waals surface area contributed by atoms with Crippen LogP contribution in [0.15, 0.2) is 140 Å². The van der Waals surface area contributed by atoms with E-state index in [-0.39, 0.29) is 0 Å². The minimum absolute atomic E-state index is 0.785. The molecule has 0 radical (unpaired) electrons. The van der Waals surface area contributed by atoms with Crippen LogP contribution in [0.1, 0.15) is 0 Å². The van der Waals surface area contributed by atoms with Crippen molar-refractivity contribution in [2.75, 3.05) is 0 Å². The van der Waals surface area contributed by atoms with E-state index in [0.29, 0.717) is 0 Å². The number of thiophene rings is 1. The van der Waals surface area contributed by atoms with Crippen molar-refractivity contribution in [2.24, 2.45) is 0 Å². The standard InChI is InChI=1S/C42H29GeN3S/c1-43(2)33-25-28(46-34-19-11-9-17-29(34)30-23-24-36-37(41(30)46)32-18-10-12-20-35(32)47-36)21-22-31(33)40-38(43)39(26-13-5-3-6-14-26)44-42(45-40)27-15-7-4-8-16-27/h3-25H,1-2H3. The van der Waals surface area contributed by atoms with E-state index in [1.165, 1.54) is 62.0 Å². The predicted octanol–water partition coefficient (Wildman–Crippen LogP) is 10.1. The number of rotatable bonds is 3. The van der Waals surface area contributed by atoms with Crippen LogP contribution in [0.2, 0.25) is 11.5 Å². The van der Waals surface area contributed by atoms with Crippen molar-refractivity contribution in [1.29, 1.82) is 0 Å². The monoisotopic (exact) mass is 681 g/mol. The molecule has 0 bridgehead atoms. The first-order chi connectivity index (χ1) is 23.1. The molecular weight excluding hydrogens is 651 g/mol. The van der Waals surface area contributed by atoms with Gasteiger partial charge in [0.25, 0.3) is 0 Å². The van der Waals surface area contributed by atoms with Gasteiger partial charge in [0, 0.05) is 0 Å². The molecule has 47 heavy (non-hydrogen) atoms. The van der Waals surface area contributed by atoms with Crippen LogP contribution in [-0.4, -0.2) is 27.8 Å². The zero-order valence-electron chi connectivity index (χ0n) is 26.0. The summed E-state index contributed by atoms with van der Waals surface area (Å²) < 4.78 is 8.01. The number of nitrogens with zero attached hydrogens (tertiary/aromatic N) is 3. The molecule has 1 aliphatic heterocycles. The SMILES string of the molecule is [CH3][Ge]1([CH3])[c]2cc(-n3c4ccccc4c4ccc5sc6ccccc6c5c43)ccc2-c2nc(-c3ccccc3)nc(-c3ccccc3)[c]21. The fraction of sp³-hybridized carbons (Fsp3) is 0.0476. The first-order valence-electron chi connectivity index (χ1n) is 16.1. The Morgan fingerprint density at radius 3 is 2.06 bits per heavy atom. The molecule has 0 spiro atoms. The molecule has 5 heteroatoms. The molecular formula is C42H29GeN3S. The van der Waals surface area contributed by atoms with E-state index in [1.807, 2.05) is 17.4 Å². The van der Waals surface area contributed by atoms with Crippen LogP contribution in [0.5, 0.6) is 0 Å². The molecule has 3 nitrogen and oxygen atoms in total. The number of hydrogen-bond acceptors (Lipinski definition) is 3. The van der Waals surface area contributed by atoms with Crippen LogP contribution in [0.3, 0.4) is 0 Å². The molecule has 9 aromatic rings. The van der Waals surface area contributed by atoms with Gasteiger partial charge in [-0.05, 0) is 0 Å². The predicted molar refractivity (Wildman–Crippen MR) is 202 cm³/mol. The number of aromatic nitrogens is 3. The second kappa shape index (κ2) is 9.98. The number of hydrogen-bond donors (Lipinski definition) is 0. The van der Waals surface area contributed by atoms with Crippen molar-refractivity contribution in [1.82, 2.24) is 14.5 Å².